The van der Waals surface area contributed by atoms with E-state index in [4.69, 9.17) is 0 Å². The molecule has 1 saturated heterocycles. The number of hydrogen-bond acceptors (Lipinski definition) is 4. The van der Waals surface area contributed by atoms with Crippen LogP contribution in [0.3, 0.4) is 0 Å². The zero-order chi connectivity index (χ0) is 19.1. The Bertz CT molecular complexity index is 753. The van der Waals surface area contributed by atoms with E-state index in [1.54, 1.807) is 6.20 Å². The Morgan fingerprint density at radius 2 is 1.74 bits per heavy atom. The van der Waals surface area contributed by atoms with Crippen LogP contribution in [-0.4, -0.2) is 43.6 Å². The van der Waals surface area contributed by atoms with Gasteiger partial charge < -0.3 is 15.1 Å². The van der Waals surface area contributed by atoms with Crippen molar-refractivity contribution in [1.29, 1.82) is 0 Å². The van der Waals surface area contributed by atoms with Gasteiger partial charge in [-0.25, -0.2) is 0 Å². The van der Waals surface area contributed by atoms with Gasteiger partial charge in [-0.3, -0.25) is 9.78 Å². The van der Waals surface area contributed by atoms with Crippen molar-refractivity contribution in [2.24, 2.45) is 0 Å². The van der Waals surface area contributed by atoms with Crippen LogP contribution in [0.4, 0.5) is 11.4 Å². The summed E-state index contributed by atoms with van der Waals surface area (Å²) in [5.41, 5.74) is 4.16. The predicted octanol–water partition coefficient (Wildman–Crippen LogP) is 3.64. The van der Waals surface area contributed by atoms with E-state index < -0.39 is 0 Å². The van der Waals surface area contributed by atoms with E-state index in [0.29, 0.717) is 12.2 Å². The fraction of sp³-hybridized carbons (Fsp3) is 0.455. The zero-order valence-electron chi connectivity index (χ0n) is 16.4. The molecule has 0 aliphatic carbocycles. The quantitative estimate of drug-likeness (QED) is 0.760. The van der Waals surface area contributed by atoms with Gasteiger partial charge in [0.15, 0.2) is 0 Å². The molecule has 1 aliphatic rings. The third kappa shape index (κ3) is 5.22. The van der Waals surface area contributed by atoms with E-state index in [0.717, 1.165) is 51.1 Å². The molecule has 0 atom stereocenters. The molecular weight excluding hydrogens is 336 g/mol. The Labute approximate surface area is 162 Å². The Morgan fingerprint density at radius 3 is 2.41 bits per heavy atom. The van der Waals surface area contributed by atoms with Gasteiger partial charge in [-0.15, -0.1) is 0 Å². The first kappa shape index (κ1) is 19.2. The van der Waals surface area contributed by atoms with Gasteiger partial charge in [0.05, 0.1) is 0 Å². The molecule has 3 rings (SSSR count). The lowest BCUT2D eigenvalue weighted by Gasteiger charge is -2.37. The molecule has 0 saturated carbocycles. The minimum absolute atomic E-state index is 0.0775. The lowest BCUT2D eigenvalue weighted by Crippen LogP contribution is -2.46. The number of hydrogen-bond donors (Lipinski definition) is 1. The maximum absolute atomic E-state index is 12.3. The first-order valence-electron chi connectivity index (χ1n) is 9.98. The van der Waals surface area contributed by atoms with Crippen molar-refractivity contribution in [2.75, 3.05) is 42.5 Å². The molecule has 1 aliphatic heterocycles. The maximum atomic E-state index is 12.3. The SMILES string of the molecule is CCCCCNC(=O)c1cc(N2CCN(c3cccc(C)c3)CC2)ccn1. The number of amides is 1. The summed E-state index contributed by atoms with van der Waals surface area (Å²) in [6.07, 6.45) is 5.04. The van der Waals surface area contributed by atoms with Crippen molar-refractivity contribution in [3.63, 3.8) is 0 Å². The minimum Gasteiger partial charge on any atom is -0.368 e. The van der Waals surface area contributed by atoms with Crippen LogP contribution in [0.2, 0.25) is 0 Å². The molecule has 0 bridgehead atoms. The highest BCUT2D eigenvalue weighted by molar-refractivity contribution is 5.93. The molecule has 2 heterocycles. The molecule has 1 amide bonds. The van der Waals surface area contributed by atoms with E-state index in [-0.39, 0.29) is 5.91 Å². The van der Waals surface area contributed by atoms with Crippen molar-refractivity contribution >= 4 is 17.3 Å². The number of nitrogens with zero attached hydrogens (tertiary/aromatic N) is 3. The first-order valence-corrected chi connectivity index (χ1v) is 9.98. The van der Waals surface area contributed by atoms with Crippen LogP contribution in [0.15, 0.2) is 42.6 Å². The number of rotatable bonds is 7. The summed E-state index contributed by atoms with van der Waals surface area (Å²) >= 11 is 0. The molecule has 0 radical (unpaired) electrons. The Morgan fingerprint density at radius 1 is 1.04 bits per heavy atom. The van der Waals surface area contributed by atoms with E-state index in [1.165, 1.54) is 11.3 Å². The molecule has 27 heavy (non-hydrogen) atoms. The number of piperazine rings is 1. The number of carbonyl (C=O) groups excluding carboxylic acids is 1. The van der Waals surface area contributed by atoms with Gasteiger partial charge in [0.2, 0.25) is 0 Å². The van der Waals surface area contributed by atoms with Crippen molar-refractivity contribution in [3.05, 3.63) is 53.9 Å². The number of aryl methyl sites for hydroxylation is 1. The summed E-state index contributed by atoms with van der Waals surface area (Å²) in [4.78, 5) is 21.3. The first-order chi connectivity index (χ1) is 13.2. The molecule has 0 unspecified atom stereocenters. The molecule has 1 aromatic carbocycles. The standard InChI is InChI=1S/C22H30N4O/c1-3-4-5-10-24-22(27)21-17-20(9-11-23-21)26-14-12-25(13-15-26)19-8-6-7-18(2)16-19/h6-9,11,16-17H,3-5,10,12-15H2,1-2H3,(H,24,27). The highest BCUT2D eigenvalue weighted by Gasteiger charge is 2.19. The number of unbranched alkanes of at least 4 members (excludes halogenated alkanes) is 2. The summed E-state index contributed by atoms with van der Waals surface area (Å²) in [5.74, 6) is -0.0775. The molecule has 1 fully saturated rings. The second kappa shape index (κ2) is 9.40. The lowest BCUT2D eigenvalue weighted by molar-refractivity contribution is 0.0948. The fourth-order valence-electron chi connectivity index (χ4n) is 3.46. The number of pyridine rings is 1. The van der Waals surface area contributed by atoms with Gasteiger partial charge in [0.25, 0.3) is 5.91 Å². The molecule has 2 aromatic rings. The topological polar surface area (TPSA) is 48.5 Å². The Kier molecular flexibility index (Phi) is 6.69. The minimum atomic E-state index is -0.0775. The number of carbonyl (C=O) groups is 1. The smallest absolute Gasteiger partial charge is 0.269 e. The van der Waals surface area contributed by atoms with Crippen molar-refractivity contribution < 1.29 is 4.79 Å². The van der Waals surface area contributed by atoms with Crippen LogP contribution in [0, 0.1) is 6.92 Å². The van der Waals surface area contributed by atoms with E-state index >= 15 is 0 Å². The molecule has 0 spiro atoms. The van der Waals surface area contributed by atoms with Crippen LogP contribution >= 0.6 is 0 Å². The summed E-state index contributed by atoms with van der Waals surface area (Å²) in [5, 5.41) is 2.97. The van der Waals surface area contributed by atoms with Gasteiger partial charge in [0.1, 0.15) is 5.69 Å². The van der Waals surface area contributed by atoms with Crippen LogP contribution < -0.4 is 15.1 Å². The highest BCUT2D eigenvalue weighted by Crippen LogP contribution is 2.21. The summed E-state index contributed by atoms with van der Waals surface area (Å²) in [6, 6.07) is 12.6. The third-order valence-electron chi connectivity index (χ3n) is 5.05. The molecule has 144 valence electrons. The van der Waals surface area contributed by atoms with E-state index in [9.17, 15) is 4.79 Å². The predicted molar refractivity (Wildman–Crippen MR) is 112 cm³/mol. The lowest BCUT2D eigenvalue weighted by atomic mass is 10.2. The van der Waals surface area contributed by atoms with Crippen molar-refractivity contribution in [2.45, 2.75) is 33.1 Å². The van der Waals surface area contributed by atoms with Crippen LogP contribution in [0.25, 0.3) is 0 Å². The molecule has 5 nitrogen and oxygen atoms in total. The monoisotopic (exact) mass is 366 g/mol. The summed E-state index contributed by atoms with van der Waals surface area (Å²) in [7, 11) is 0. The third-order valence-corrected chi connectivity index (χ3v) is 5.05. The van der Waals surface area contributed by atoms with Crippen LogP contribution in [0.1, 0.15) is 42.2 Å². The molecule has 1 N–H and O–H groups in total. The number of benzene rings is 1. The van der Waals surface area contributed by atoms with Gasteiger partial charge in [-0.05, 0) is 43.2 Å². The molecule has 5 heteroatoms. The summed E-state index contributed by atoms with van der Waals surface area (Å²) < 4.78 is 0. The highest BCUT2D eigenvalue weighted by atomic mass is 16.1. The van der Waals surface area contributed by atoms with Crippen molar-refractivity contribution in [3.8, 4) is 0 Å². The van der Waals surface area contributed by atoms with E-state index in [2.05, 4.69) is 58.2 Å². The average molecular weight is 367 g/mol. The largest absolute Gasteiger partial charge is 0.368 e. The van der Waals surface area contributed by atoms with Gasteiger partial charge in [-0.1, -0.05) is 31.9 Å². The number of aromatic nitrogens is 1. The normalized spacial score (nSPS) is 14.3. The second-order valence-corrected chi connectivity index (χ2v) is 7.18. The fourth-order valence-corrected chi connectivity index (χ4v) is 3.46. The van der Waals surface area contributed by atoms with Gasteiger partial charge in [0, 0.05) is 50.3 Å². The second-order valence-electron chi connectivity index (χ2n) is 7.18. The molecular formula is C22H30N4O. The van der Waals surface area contributed by atoms with Gasteiger partial charge >= 0.3 is 0 Å². The molecule has 1 aromatic heterocycles. The van der Waals surface area contributed by atoms with Crippen LogP contribution in [-0.2, 0) is 0 Å². The van der Waals surface area contributed by atoms with Gasteiger partial charge in [-0.2, -0.15) is 0 Å². The number of anilines is 2. The van der Waals surface area contributed by atoms with Crippen LogP contribution in [0.5, 0.6) is 0 Å². The maximum Gasteiger partial charge on any atom is 0.269 e. The zero-order valence-corrected chi connectivity index (χ0v) is 16.4. The summed E-state index contributed by atoms with van der Waals surface area (Å²) in [6.45, 7) is 8.84. The Balaban J connectivity index is 1.57. The average Bonchev–Trinajstić information content (AvgIpc) is 2.71. The van der Waals surface area contributed by atoms with Crippen molar-refractivity contribution in [1.82, 2.24) is 10.3 Å². The number of nitrogens with one attached hydrogen (secondary N) is 1. The van der Waals surface area contributed by atoms with E-state index in [1.807, 2.05) is 12.1 Å². The Hall–Kier alpha value is -2.56.